The first-order valence-corrected chi connectivity index (χ1v) is 10.5. The van der Waals surface area contributed by atoms with Gasteiger partial charge in [0.1, 0.15) is 13.2 Å². The lowest BCUT2D eigenvalue weighted by Gasteiger charge is -2.28. The van der Waals surface area contributed by atoms with E-state index in [9.17, 15) is 4.79 Å². The van der Waals surface area contributed by atoms with E-state index in [2.05, 4.69) is 5.32 Å². The summed E-state index contributed by atoms with van der Waals surface area (Å²) in [6.07, 6.45) is 2.51. The van der Waals surface area contributed by atoms with Crippen LogP contribution in [0.4, 0.5) is 4.79 Å². The number of rotatable bonds is 8. The number of ether oxygens (including phenoxy) is 3. The number of benzene rings is 2. The minimum absolute atomic E-state index is 0.0287. The summed E-state index contributed by atoms with van der Waals surface area (Å²) in [5.41, 5.74) is 1.97. The van der Waals surface area contributed by atoms with Crippen molar-refractivity contribution >= 4 is 17.9 Å². The van der Waals surface area contributed by atoms with Crippen LogP contribution in [0.1, 0.15) is 36.8 Å². The lowest BCUT2D eigenvalue weighted by molar-refractivity contribution is 0.132. The highest BCUT2D eigenvalue weighted by Gasteiger charge is 2.27. The Balaban J connectivity index is 1.30. The van der Waals surface area contributed by atoms with E-state index in [4.69, 9.17) is 25.0 Å². The number of nitrogens with one attached hydrogen (secondary N) is 3. The average molecular weight is 424 g/mol. The van der Waals surface area contributed by atoms with Crippen LogP contribution in [-0.2, 0) is 27.4 Å². The smallest absolute Gasteiger partial charge is 0.407 e. The second kappa shape index (κ2) is 11.9. The molecular formula is C24H29N3O4. The molecule has 0 radical (unpaired) electrons. The highest BCUT2D eigenvalue weighted by atomic mass is 16.5. The van der Waals surface area contributed by atoms with Crippen molar-refractivity contribution in [1.82, 2.24) is 5.32 Å². The molecule has 1 fully saturated rings. The fourth-order valence-corrected chi connectivity index (χ4v) is 3.51. The number of amides is 1. The van der Waals surface area contributed by atoms with Gasteiger partial charge in [0.25, 0.3) is 0 Å². The van der Waals surface area contributed by atoms with Crippen molar-refractivity contribution in [1.29, 1.82) is 10.8 Å². The van der Waals surface area contributed by atoms with Gasteiger partial charge in [-0.3, -0.25) is 10.8 Å². The molecule has 7 heteroatoms. The number of carbonyl (C=O) groups excluding carboxylic acids is 1. The predicted octanol–water partition coefficient (Wildman–Crippen LogP) is 4.66. The molecule has 0 atom stereocenters. The van der Waals surface area contributed by atoms with Crippen LogP contribution in [0, 0.1) is 16.7 Å². The zero-order valence-corrected chi connectivity index (χ0v) is 17.5. The first kappa shape index (κ1) is 22.5. The van der Waals surface area contributed by atoms with Crippen molar-refractivity contribution in [2.75, 3.05) is 6.61 Å². The van der Waals surface area contributed by atoms with E-state index in [-0.39, 0.29) is 37.0 Å². The molecule has 2 aromatic carbocycles. The molecule has 164 valence electrons. The van der Waals surface area contributed by atoms with Crippen LogP contribution in [0.5, 0.6) is 0 Å². The second-order valence-electron chi connectivity index (χ2n) is 7.62. The van der Waals surface area contributed by atoms with Crippen LogP contribution >= 0.6 is 0 Å². The molecule has 0 heterocycles. The Hall–Kier alpha value is -3.19. The lowest BCUT2D eigenvalue weighted by Crippen LogP contribution is -2.39. The Morgan fingerprint density at radius 3 is 2.06 bits per heavy atom. The van der Waals surface area contributed by atoms with Gasteiger partial charge in [-0.05, 0) is 36.8 Å². The molecule has 0 bridgehead atoms. The third-order valence-corrected chi connectivity index (χ3v) is 5.21. The third kappa shape index (κ3) is 7.86. The van der Waals surface area contributed by atoms with Gasteiger partial charge < -0.3 is 19.5 Å². The zero-order chi connectivity index (χ0) is 21.9. The molecular weight excluding hydrogens is 394 g/mol. The maximum Gasteiger partial charge on any atom is 0.407 e. The van der Waals surface area contributed by atoms with Gasteiger partial charge in [0.15, 0.2) is 5.90 Å². The van der Waals surface area contributed by atoms with Gasteiger partial charge in [0.2, 0.25) is 5.90 Å². The normalized spacial score (nSPS) is 18.1. The van der Waals surface area contributed by atoms with Crippen LogP contribution < -0.4 is 5.32 Å². The monoisotopic (exact) mass is 423 g/mol. The van der Waals surface area contributed by atoms with Crippen LogP contribution in [0.3, 0.4) is 0 Å². The van der Waals surface area contributed by atoms with E-state index < -0.39 is 6.09 Å². The Morgan fingerprint density at radius 1 is 0.871 bits per heavy atom. The number of alkyl carbamates (subject to hydrolysis) is 1. The molecule has 1 amide bonds. The molecule has 0 unspecified atom stereocenters. The molecule has 7 nitrogen and oxygen atoms in total. The summed E-state index contributed by atoms with van der Waals surface area (Å²) in [7, 11) is 0. The minimum Gasteiger partial charge on any atom is -0.445 e. The molecule has 3 rings (SSSR count). The molecule has 0 spiro atoms. The van der Waals surface area contributed by atoms with Crippen molar-refractivity contribution in [2.24, 2.45) is 5.92 Å². The highest BCUT2D eigenvalue weighted by Crippen LogP contribution is 2.25. The highest BCUT2D eigenvalue weighted by molar-refractivity contribution is 5.90. The Bertz CT molecular complexity index is 850. The van der Waals surface area contributed by atoms with Gasteiger partial charge in [-0.2, -0.15) is 0 Å². The van der Waals surface area contributed by atoms with Gasteiger partial charge in [0, 0.05) is 12.0 Å². The molecule has 0 saturated heterocycles. The molecule has 1 aliphatic rings. The fourth-order valence-electron chi connectivity index (χ4n) is 3.51. The zero-order valence-electron chi connectivity index (χ0n) is 17.5. The molecule has 2 aromatic rings. The minimum atomic E-state index is -0.420. The van der Waals surface area contributed by atoms with E-state index in [1.54, 1.807) is 0 Å². The summed E-state index contributed by atoms with van der Waals surface area (Å²) >= 11 is 0. The Morgan fingerprint density at radius 2 is 1.45 bits per heavy atom. The molecule has 0 aliphatic heterocycles. The molecule has 3 N–H and O–H groups in total. The topological polar surface area (TPSA) is 104 Å². The Kier molecular flexibility index (Phi) is 8.60. The van der Waals surface area contributed by atoms with Gasteiger partial charge in [-0.1, -0.05) is 60.7 Å². The Labute approximate surface area is 182 Å². The molecule has 1 saturated carbocycles. The largest absolute Gasteiger partial charge is 0.445 e. The molecule has 0 aromatic heterocycles. The van der Waals surface area contributed by atoms with Crippen LogP contribution in [0.2, 0.25) is 0 Å². The van der Waals surface area contributed by atoms with E-state index in [0.717, 1.165) is 36.8 Å². The van der Waals surface area contributed by atoms with Crippen molar-refractivity contribution in [3.8, 4) is 0 Å². The van der Waals surface area contributed by atoms with Crippen molar-refractivity contribution in [3.05, 3.63) is 71.8 Å². The van der Waals surface area contributed by atoms with E-state index in [1.807, 2.05) is 60.7 Å². The number of carbonyl (C=O) groups is 1. The lowest BCUT2D eigenvalue weighted by atomic mass is 9.86. The quantitative estimate of drug-likeness (QED) is 0.424. The summed E-state index contributed by atoms with van der Waals surface area (Å²) in [5, 5.41) is 18.9. The molecule has 1 aliphatic carbocycles. The average Bonchev–Trinajstić information content (AvgIpc) is 2.79. The maximum absolute atomic E-state index is 12.0. The van der Waals surface area contributed by atoms with E-state index in [0.29, 0.717) is 6.61 Å². The van der Waals surface area contributed by atoms with Crippen LogP contribution in [-0.4, -0.2) is 30.5 Å². The van der Waals surface area contributed by atoms with Crippen molar-refractivity contribution < 1.29 is 19.0 Å². The van der Waals surface area contributed by atoms with Gasteiger partial charge in [-0.25, -0.2) is 4.79 Å². The predicted molar refractivity (Wildman–Crippen MR) is 118 cm³/mol. The van der Waals surface area contributed by atoms with Gasteiger partial charge in [-0.15, -0.1) is 0 Å². The first-order chi connectivity index (χ1) is 15.1. The van der Waals surface area contributed by atoms with Crippen molar-refractivity contribution in [3.63, 3.8) is 0 Å². The summed E-state index contributed by atoms with van der Waals surface area (Å²) < 4.78 is 16.1. The molecule has 31 heavy (non-hydrogen) atoms. The first-order valence-electron chi connectivity index (χ1n) is 10.5. The van der Waals surface area contributed by atoms with Crippen molar-refractivity contribution in [2.45, 2.75) is 44.9 Å². The fraction of sp³-hybridized carbons (Fsp3) is 0.375. The number of hydrogen-bond donors (Lipinski definition) is 3. The summed E-state index contributed by atoms with van der Waals surface area (Å²) in [6.45, 7) is 0.674. The summed E-state index contributed by atoms with van der Waals surface area (Å²) in [6, 6.07) is 19.3. The van der Waals surface area contributed by atoms with Gasteiger partial charge in [0.05, 0.1) is 6.61 Å². The van der Waals surface area contributed by atoms with E-state index in [1.165, 1.54) is 0 Å². The summed E-state index contributed by atoms with van der Waals surface area (Å²) in [5.74, 6) is -0.0167. The second-order valence-corrected chi connectivity index (χ2v) is 7.62. The van der Waals surface area contributed by atoms with Crippen LogP contribution in [0.25, 0.3) is 0 Å². The summed E-state index contributed by atoms with van der Waals surface area (Å²) in [4.78, 5) is 12.0. The SMILES string of the molecule is N=C(COCc1ccccc1)OC(=N)[C@H]1CC[C@H](NC(=O)OCc2ccccc2)CC1. The van der Waals surface area contributed by atoms with Gasteiger partial charge >= 0.3 is 6.09 Å². The third-order valence-electron chi connectivity index (χ3n) is 5.21. The van der Waals surface area contributed by atoms with Crippen LogP contribution in [0.15, 0.2) is 60.7 Å². The van der Waals surface area contributed by atoms with E-state index >= 15 is 0 Å². The maximum atomic E-state index is 12.0. The standard InChI is InChI=1S/C24H29N3O4/c25-22(17-29-15-18-7-3-1-4-8-18)31-23(26)20-11-13-21(14-12-20)27-24(28)30-16-19-9-5-2-6-10-19/h1-10,20-21,25-26H,11-17H2,(H,27,28)/t20-,21-. The number of hydrogen-bond acceptors (Lipinski definition) is 6.